The third-order valence-electron chi connectivity index (χ3n) is 3.59. The molecule has 1 aliphatic rings. The molecule has 3 rings (SSSR count). The number of benzene rings is 1. The molecular weight excluding hydrogens is 210 g/mol. The molecule has 0 saturated heterocycles. The van der Waals surface area contributed by atoms with E-state index in [1.54, 1.807) is 6.20 Å². The molecule has 0 bridgehead atoms. The van der Waals surface area contributed by atoms with E-state index in [2.05, 4.69) is 17.1 Å². The highest BCUT2D eigenvalue weighted by Crippen LogP contribution is 2.40. The van der Waals surface area contributed by atoms with Crippen LogP contribution < -0.4 is 0 Å². The van der Waals surface area contributed by atoms with Crippen molar-refractivity contribution < 1.29 is 5.11 Å². The predicted octanol–water partition coefficient (Wildman–Crippen LogP) is 2.85. The van der Waals surface area contributed by atoms with Crippen LogP contribution in [0.15, 0.2) is 48.8 Å². The third kappa shape index (κ3) is 1.85. The van der Waals surface area contributed by atoms with Crippen LogP contribution in [0.2, 0.25) is 0 Å². The number of nitrogens with zero attached hydrogens (tertiary/aromatic N) is 1. The number of hydrogen-bond donors (Lipinski definition) is 1. The molecule has 86 valence electrons. The Morgan fingerprint density at radius 3 is 2.82 bits per heavy atom. The molecule has 0 unspecified atom stereocenters. The SMILES string of the molecule is O[C@@H]1c2ccccc2CC[C@H]1c1cccnc1. The maximum atomic E-state index is 10.4. The molecular formula is C15H15NO. The summed E-state index contributed by atoms with van der Waals surface area (Å²) in [7, 11) is 0. The van der Waals surface area contributed by atoms with Crippen molar-refractivity contribution >= 4 is 0 Å². The number of rotatable bonds is 1. The van der Waals surface area contributed by atoms with E-state index < -0.39 is 6.10 Å². The largest absolute Gasteiger partial charge is 0.388 e. The van der Waals surface area contributed by atoms with E-state index in [0.29, 0.717) is 0 Å². The van der Waals surface area contributed by atoms with Gasteiger partial charge in [0.2, 0.25) is 0 Å². The maximum Gasteiger partial charge on any atom is 0.0861 e. The second-order valence-corrected chi connectivity index (χ2v) is 4.58. The number of aryl methyl sites for hydroxylation is 1. The van der Waals surface area contributed by atoms with Crippen molar-refractivity contribution in [2.24, 2.45) is 0 Å². The van der Waals surface area contributed by atoms with Crippen LogP contribution in [0.4, 0.5) is 0 Å². The van der Waals surface area contributed by atoms with Crippen molar-refractivity contribution in [3.63, 3.8) is 0 Å². The average molecular weight is 225 g/mol. The number of aliphatic hydroxyl groups is 1. The van der Waals surface area contributed by atoms with Gasteiger partial charge in [-0.05, 0) is 35.6 Å². The zero-order valence-corrected chi connectivity index (χ0v) is 9.58. The highest BCUT2D eigenvalue weighted by Gasteiger charge is 2.28. The Morgan fingerprint density at radius 2 is 2.00 bits per heavy atom. The number of hydrogen-bond acceptors (Lipinski definition) is 2. The average Bonchev–Trinajstić information content (AvgIpc) is 2.40. The van der Waals surface area contributed by atoms with Gasteiger partial charge in [-0.1, -0.05) is 30.3 Å². The Bertz CT molecular complexity index is 509. The fourth-order valence-corrected chi connectivity index (χ4v) is 2.68. The van der Waals surface area contributed by atoms with Crippen molar-refractivity contribution in [1.82, 2.24) is 4.98 Å². The Kier molecular flexibility index (Phi) is 2.65. The van der Waals surface area contributed by atoms with Gasteiger partial charge in [-0.15, -0.1) is 0 Å². The lowest BCUT2D eigenvalue weighted by Gasteiger charge is -2.30. The third-order valence-corrected chi connectivity index (χ3v) is 3.59. The van der Waals surface area contributed by atoms with Crippen molar-refractivity contribution in [3.05, 3.63) is 65.5 Å². The first-order chi connectivity index (χ1) is 8.36. The van der Waals surface area contributed by atoms with E-state index in [1.165, 1.54) is 5.56 Å². The normalized spacial score (nSPS) is 23.1. The molecule has 0 fully saturated rings. The summed E-state index contributed by atoms with van der Waals surface area (Å²) in [5.74, 6) is 0.179. The first-order valence-corrected chi connectivity index (χ1v) is 6.02. The Labute approximate surface area is 101 Å². The van der Waals surface area contributed by atoms with Crippen LogP contribution in [0.3, 0.4) is 0 Å². The van der Waals surface area contributed by atoms with Crippen LogP contribution in [0, 0.1) is 0 Å². The van der Waals surface area contributed by atoms with Crippen LogP contribution in [0.5, 0.6) is 0 Å². The lowest BCUT2D eigenvalue weighted by Crippen LogP contribution is -2.18. The summed E-state index contributed by atoms with van der Waals surface area (Å²) in [4.78, 5) is 4.14. The van der Waals surface area contributed by atoms with Crippen molar-refractivity contribution in [2.45, 2.75) is 24.9 Å². The van der Waals surface area contributed by atoms with E-state index in [1.807, 2.05) is 30.5 Å². The van der Waals surface area contributed by atoms with E-state index in [9.17, 15) is 5.11 Å². The van der Waals surface area contributed by atoms with Crippen LogP contribution in [-0.4, -0.2) is 10.1 Å². The summed E-state index contributed by atoms with van der Waals surface area (Å²) < 4.78 is 0. The minimum absolute atomic E-state index is 0.179. The fraction of sp³-hybridized carbons (Fsp3) is 0.267. The predicted molar refractivity (Wildman–Crippen MR) is 66.7 cm³/mol. The molecule has 1 aromatic carbocycles. The van der Waals surface area contributed by atoms with Gasteiger partial charge in [0.1, 0.15) is 0 Å². The zero-order valence-electron chi connectivity index (χ0n) is 9.58. The van der Waals surface area contributed by atoms with E-state index >= 15 is 0 Å². The highest BCUT2D eigenvalue weighted by molar-refractivity contribution is 5.35. The summed E-state index contributed by atoms with van der Waals surface area (Å²) in [6.45, 7) is 0. The standard InChI is InChI=1S/C15H15NO/c17-15-13-6-2-1-4-11(13)7-8-14(15)12-5-3-9-16-10-12/h1-6,9-10,14-15,17H,7-8H2/t14-,15+/m0/s1. The first kappa shape index (κ1) is 10.5. The molecule has 1 aliphatic carbocycles. The molecule has 1 aromatic heterocycles. The van der Waals surface area contributed by atoms with Gasteiger partial charge in [-0.25, -0.2) is 0 Å². The Balaban J connectivity index is 1.97. The molecule has 2 atom stereocenters. The Hall–Kier alpha value is -1.67. The topological polar surface area (TPSA) is 33.1 Å². The van der Waals surface area contributed by atoms with Gasteiger partial charge in [0.05, 0.1) is 6.10 Å². The van der Waals surface area contributed by atoms with Gasteiger partial charge in [-0.2, -0.15) is 0 Å². The van der Waals surface area contributed by atoms with Gasteiger partial charge in [0.15, 0.2) is 0 Å². The van der Waals surface area contributed by atoms with Gasteiger partial charge in [0, 0.05) is 18.3 Å². The van der Waals surface area contributed by atoms with Crippen LogP contribution >= 0.6 is 0 Å². The lowest BCUT2D eigenvalue weighted by molar-refractivity contribution is 0.131. The minimum Gasteiger partial charge on any atom is -0.388 e. The van der Waals surface area contributed by atoms with Gasteiger partial charge in [-0.3, -0.25) is 4.98 Å². The molecule has 2 nitrogen and oxygen atoms in total. The highest BCUT2D eigenvalue weighted by atomic mass is 16.3. The van der Waals surface area contributed by atoms with E-state index in [4.69, 9.17) is 0 Å². The molecule has 0 saturated carbocycles. The minimum atomic E-state index is -0.399. The molecule has 0 aliphatic heterocycles. The van der Waals surface area contributed by atoms with Gasteiger partial charge < -0.3 is 5.11 Å². The monoisotopic (exact) mass is 225 g/mol. The van der Waals surface area contributed by atoms with Crippen molar-refractivity contribution in [3.8, 4) is 0 Å². The lowest BCUT2D eigenvalue weighted by atomic mass is 9.78. The number of fused-ring (bicyclic) bond motifs is 1. The second kappa shape index (κ2) is 4.30. The quantitative estimate of drug-likeness (QED) is 0.809. The summed E-state index contributed by atoms with van der Waals surface area (Å²) in [6.07, 6.45) is 5.26. The number of pyridine rings is 1. The molecule has 17 heavy (non-hydrogen) atoms. The number of aromatic nitrogens is 1. The molecule has 2 heteroatoms. The first-order valence-electron chi connectivity index (χ1n) is 6.02. The number of aliphatic hydroxyl groups excluding tert-OH is 1. The van der Waals surface area contributed by atoms with Gasteiger partial charge in [0.25, 0.3) is 0 Å². The van der Waals surface area contributed by atoms with Crippen LogP contribution in [0.1, 0.15) is 35.1 Å². The molecule has 0 radical (unpaired) electrons. The zero-order chi connectivity index (χ0) is 11.7. The molecule has 0 spiro atoms. The summed E-state index contributed by atoms with van der Waals surface area (Å²) in [5.41, 5.74) is 3.49. The van der Waals surface area contributed by atoms with Crippen molar-refractivity contribution in [1.29, 1.82) is 0 Å². The maximum absolute atomic E-state index is 10.4. The second-order valence-electron chi connectivity index (χ2n) is 4.58. The van der Waals surface area contributed by atoms with E-state index in [-0.39, 0.29) is 5.92 Å². The van der Waals surface area contributed by atoms with Crippen LogP contribution in [-0.2, 0) is 6.42 Å². The molecule has 1 N–H and O–H groups in total. The van der Waals surface area contributed by atoms with Crippen molar-refractivity contribution in [2.75, 3.05) is 0 Å². The fourth-order valence-electron chi connectivity index (χ4n) is 2.68. The summed E-state index contributed by atoms with van der Waals surface area (Å²) in [6, 6.07) is 12.2. The Morgan fingerprint density at radius 1 is 1.12 bits per heavy atom. The molecule has 0 amide bonds. The smallest absolute Gasteiger partial charge is 0.0861 e. The summed E-state index contributed by atoms with van der Waals surface area (Å²) >= 11 is 0. The van der Waals surface area contributed by atoms with E-state index in [0.717, 1.165) is 24.0 Å². The van der Waals surface area contributed by atoms with Gasteiger partial charge >= 0.3 is 0 Å². The van der Waals surface area contributed by atoms with Crippen LogP contribution in [0.25, 0.3) is 0 Å². The molecule has 1 heterocycles. The summed E-state index contributed by atoms with van der Waals surface area (Å²) in [5, 5.41) is 10.4. The molecule has 2 aromatic rings.